The summed E-state index contributed by atoms with van der Waals surface area (Å²) in [6.07, 6.45) is 4.65. The summed E-state index contributed by atoms with van der Waals surface area (Å²) in [5.41, 5.74) is 12.6. The summed E-state index contributed by atoms with van der Waals surface area (Å²) >= 11 is 0. The summed E-state index contributed by atoms with van der Waals surface area (Å²) in [6.45, 7) is 2.21. The van der Waals surface area contributed by atoms with Gasteiger partial charge in [0.1, 0.15) is 17.8 Å². The van der Waals surface area contributed by atoms with Crippen molar-refractivity contribution in [2.24, 2.45) is 5.73 Å². The van der Waals surface area contributed by atoms with Crippen LogP contribution in [0.15, 0.2) is 97.3 Å². The molecule has 0 spiro atoms. The molecule has 2 heterocycles. The number of fused-ring (bicyclic) bond motifs is 1. The lowest BCUT2D eigenvalue weighted by Crippen LogP contribution is -2.12. The Hall–Kier alpha value is -4.75. The largest absolute Gasteiger partial charge is 0.366 e. The molecule has 1 amide bonds. The zero-order valence-electron chi connectivity index (χ0n) is 20.3. The molecule has 3 aromatic carbocycles. The molecule has 5 N–H and O–H groups in total. The Morgan fingerprint density at radius 1 is 0.838 bits per heavy atom. The molecule has 0 saturated carbocycles. The first-order valence-electron chi connectivity index (χ1n) is 12.1. The second-order valence-electron chi connectivity index (χ2n) is 8.78. The number of amides is 1. The fourth-order valence-electron chi connectivity index (χ4n) is 4.10. The van der Waals surface area contributed by atoms with E-state index < -0.39 is 5.91 Å². The molecule has 5 aromatic rings. The predicted octanol–water partition coefficient (Wildman–Crippen LogP) is 5.03. The first-order valence-corrected chi connectivity index (χ1v) is 12.1. The Morgan fingerprint density at radius 2 is 1.51 bits per heavy atom. The molecule has 37 heavy (non-hydrogen) atoms. The SMILES string of the molecule is NC(=O)/C=C/c1ccc(CNCc2ccc(-c3cc4c(NCc5ccccc5)ncnc4[nH]3)cc2)cc1. The molecule has 7 heteroatoms. The number of primary amides is 1. The maximum absolute atomic E-state index is 10.9. The highest BCUT2D eigenvalue weighted by molar-refractivity contribution is 5.91. The molecule has 0 aliphatic carbocycles. The number of hydrogen-bond acceptors (Lipinski definition) is 5. The van der Waals surface area contributed by atoms with Crippen molar-refractivity contribution in [1.82, 2.24) is 20.3 Å². The van der Waals surface area contributed by atoms with Crippen molar-refractivity contribution in [2.45, 2.75) is 19.6 Å². The molecule has 0 radical (unpaired) electrons. The average molecular weight is 489 g/mol. The Labute approximate surface area is 215 Å². The highest BCUT2D eigenvalue weighted by Gasteiger charge is 2.09. The van der Waals surface area contributed by atoms with Crippen LogP contribution in [-0.4, -0.2) is 20.9 Å². The van der Waals surface area contributed by atoms with Gasteiger partial charge in [0.15, 0.2) is 0 Å². The number of aromatic nitrogens is 3. The van der Waals surface area contributed by atoms with E-state index in [-0.39, 0.29) is 0 Å². The summed E-state index contributed by atoms with van der Waals surface area (Å²) in [5.74, 6) is 0.365. The number of aromatic amines is 1. The van der Waals surface area contributed by atoms with E-state index in [0.29, 0.717) is 6.54 Å². The molecule has 0 fully saturated rings. The summed E-state index contributed by atoms with van der Waals surface area (Å²) in [6, 6.07) is 28.9. The second-order valence-corrected chi connectivity index (χ2v) is 8.78. The summed E-state index contributed by atoms with van der Waals surface area (Å²) < 4.78 is 0. The van der Waals surface area contributed by atoms with Crippen LogP contribution in [0.25, 0.3) is 28.4 Å². The van der Waals surface area contributed by atoms with E-state index in [1.807, 2.05) is 42.5 Å². The number of nitrogens with one attached hydrogen (secondary N) is 3. The van der Waals surface area contributed by atoms with Gasteiger partial charge in [0.05, 0.1) is 5.39 Å². The number of H-pyrrole nitrogens is 1. The Balaban J connectivity index is 1.19. The van der Waals surface area contributed by atoms with E-state index in [2.05, 4.69) is 68.1 Å². The molecule has 184 valence electrons. The first kappa shape index (κ1) is 24.0. The zero-order valence-corrected chi connectivity index (χ0v) is 20.3. The van der Waals surface area contributed by atoms with Crippen molar-refractivity contribution in [1.29, 1.82) is 0 Å². The molecular weight excluding hydrogens is 460 g/mol. The molecule has 7 nitrogen and oxygen atoms in total. The van der Waals surface area contributed by atoms with Gasteiger partial charge in [0.2, 0.25) is 5.91 Å². The fraction of sp³-hybridized carbons (Fsp3) is 0.100. The third-order valence-electron chi connectivity index (χ3n) is 6.07. The minimum absolute atomic E-state index is 0.449. The van der Waals surface area contributed by atoms with Gasteiger partial charge < -0.3 is 21.4 Å². The number of nitrogens with two attached hydrogens (primary N) is 1. The minimum Gasteiger partial charge on any atom is -0.366 e. The van der Waals surface area contributed by atoms with Gasteiger partial charge in [-0.05, 0) is 40.0 Å². The maximum Gasteiger partial charge on any atom is 0.241 e. The van der Waals surface area contributed by atoms with E-state index in [1.165, 1.54) is 22.8 Å². The predicted molar refractivity (Wildman–Crippen MR) is 148 cm³/mol. The van der Waals surface area contributed by atoms with Crippen molar-refractivity contribution in [3.63, 3.8) is 0 Å². The quantitative estimate of drug-likeness (QED) is 0.206. The number of rotatable bonds is 10. The lowest BCUT2D eigenvalue weighted by Gasteiger charge is -2.07. The second kappa shape index (κ2) is 11.3. The Bertz CT molecular complexity index is 1510. The number of carbonyl (C=O) groups excluding carboxylic acids is 1. The monoisotopic (exact) mass is 488 g/mol. The van der Waals surface area contributed by atoms with Crippen molar-refractivity contribution in [3.05, 3.63) is 120 Å². The van der Waals surface area contributed by atoms with E-state index in [1.54, 1.807) is 12.4 Å². The van der Waals surface area contributed by atoms with Crippen LogP contribution in [0.1, 0.15) is 22.3 Å². The number of benzene rings is 3. The standard InChI is InChI=1S/C30H28N6O/c31-28(37)15-12-21-6-8-23(9-7-21)17-32-18-24-10-13-25(14-11-24)27-16-26-29(34-20-35-30(26)36-27)33-19-22-4-2-1-3-5-22/h1-16,20,32H,17-19H2,(H2,31,37)(H2,33,34,35,36)/b15-12+. The van der Waals surface area contributed by atoms with Gasteiger partial charge in [0.25, 0.3) is 0 Å². The minimum atomic E-state index is -0.449. The first-order chi connectivity index (χ1) is 18.1. The lowest BCUT2D eigenvalue weighted by atomic mass is 10.1. The van der Waals surface area contributed by atoms with Crippen molar-refractivity contribution in [3.8, 4) is 11.3 Å². The number of carbonyl (C=O) groups is 1. The van der Waals surface area contributed by atoms with Gasteiger partial charge in [-0.25, -0.2) is 9.97 Å². The van der Waals surface area contributed by atoms with Crippen molar-refractivity contribution in [2.75, 3.05) is 5.32 Å². The molecule has 0 unspecified atom stereocenters. The van der Waals surface area contributed by atoms with Crippen LogP contribution in [0.5, 0.6) is 0 Å². The highest BCUT2D eigenvalue weighted by Crippen LogP contribution is 2.27. The third-order valence-corrected chi connectivity index (χ3v) is 6.07. The van der Waals surface area contributed by atoms with Gasteiger partial charge in [-0.3, -0.25) is 4.79 Å². The van der Waals surface area contributed by atoms with E-state index in [9.17, 15) is 4.79 Å². The molecule has 0 saturated heterocycles. The third kappa shape index (κ3) is 6.28. The molecule has 0 aliphatic heterocycles. The van der Waals surface area contributed by atoms with Gasteiger partial charge in [-0.15, -0.1) is 0 Å². The van der Waals surface area contributed by atoms with Gasteiger partial charge in [0, 0.05) is 31.4 Å². The summed E-state index contributed by atoms with van der Waals surface area (Å²) in [7, 11) is 0. The van der Waals surface area contributed by atoms with Crippen LogP contribution in [0.3, 0.4) is 0 Å². The van der Waals surface area contributed by atoms with Crippen LogP contribution in [0.2, 0.25) is 0 Å². The fourth-order valence-corrected chi connectivity index (χ4v) is 4.10. The molecular formula is C30H28N6O. The Morgan fingerprint density at radius 3 is 2.22 bits per heavy atom. The van der Waals surface area contributed by atoms with Crippen LogP contribution in [0, 0.1) is 0 Å². The summed E-state index contributed by atoms with van der Waals surface area (Å²) in [4.78, 5) is 23.1. The smallest absolute Gasteiger partial charge is 0.241 e. The molecule has 0 aliphatic rings. The molecule has 0 bridgehead atoms. The highest BCUT2D eigenvalue weighted by atomic mass is 16.1. The van der Waals surface area contributed by atoms with Crippen LogP contribution < -0.4 is 16.4 Å². The zero-order chi connectivity index (χ0) is 25.5. The van der Waals surface area contributed by atoms with Crippen molar-refractivity contribution < 1.29 is 4.79 Å². The lowest BCUT2D eigenvalue weighted by molar-refractivity contribution is -0.113. The van der Waals surface area contributed by atoms with Gasteiger partial charge in [-0.2, -0.15) is 0 Å². The van der Waals surface area contributed by atoms with E-state index >= 15 is 0 Å². The van der Waals surface area contributed by atoms with E-state index in [4.69, 9.17) is 5.73 Å². The number of anilines is 1. The van der Waals surface area contributed by atoms with Crippen LogP contribution >= 0.6 is 0 Å². The molecule has 2 aromatic heterocycles. The van der Waals surface area contributed by atoms with Crippen LogP contribution in [0.4, 0.5) is 5.82 Å². The normalized spacial score (nSPS) is 11.2. The van der Waals surface area contributed by atoms with Crippen LogP contribution in [-0.2, 0) is 24.4 Å². The number of nitrogens with zero attached hydrogens (tertiary/aromatic N) is 2. The Kier molecular flexibility index (Phi) is 7.34. The van der Waals surface area contributed by atoms with Gasteiger partial charge >= 0.3 is 0 Å². The number of hydrogen-bond donors (Lipinski definition) is 4. The summed E-state index contributed by atoms with van der Waals surface area (Å²) in [5, 5.41) is 7.87. The molecule has 0 atom stereocenters. The van der Waals surface area contributed by atoms with E-state index in [0.717, 1.165) is 46.8 Å². The van der Waals surface area contributed by atoms with Gasteiger partial charge in [-0.1, -0.05) is 78.9 Å². The topological polar surface area (TPSA) is 109 Å². The maximum atomic E-state index is 10.9. The molecule has 5 rings (SSSR count). The van der Waals surface area contributed by atoms with Crippen molar-refractivity contribution >= 4 is 28.8 Å². The average Bonchev–Trinajstić information content (AvgIpc) is 3.37.